The summed E-state index contributed by atoms with van der Waals surface area (Å²) in [4.78, 5) is 28.7. The largest absolute Gasteiger partial charge is 0.322 e. The third-order valence-corrected chi connectivity index (χ3v) is 5.23. The minimum absolute atomic E-state index is 0.226. The summed E-state index contributed by atoms with van der Waals surface area (Å²) in [6.07, 6.45) is 3.12. The predicted octanol–water partition coefficient (Wildman–Crippen LogP) is 4.31. The van der Waals surface area contributed by atoms with Gasteiger partial charge in [0.15, 0.2) is 0 Å². The summed E-state index contributed by atoms with van der Waals surface area (Å²) < 4.78 is 0.886. The number of hydrogen-bond acceptors (Lipinski definition) is 5. The van der Waals surface area contributed by atoms with E-state index in [-0.39, 0.29) is 11.8 Å². The van der Waals surface area contributed by atoms with E-state index in [9.17, 15) is 9.59 Å². The Balaban J connectivity index is 1.62. The van der Waals surface area contributed by atoms with Crippen LogP contribution in [0.25, 0.3) is 0 Å². The lowest BCUT2D eigenvalue weighted by atomic mass is 10.1. The Morgan fingerprint density at radius 3 is 2.44 bits per heavy atom. The molecule has 0 spiro atoms. The molecule has 136 valence electrons. The molecule has 1 aromatic carbocycles. The van der Waals surface area contributed by atoms with E-state index in [1.54, 1.807) is 43.5 Å². The van der Waals surface area contributed by atoms with Crippen LogP contribution in [0.5, 0.6) is 0 Å². The first-order valence-corrected chi connectivity index (χ1v) is 9.55. The summed E-state index contributed by atoms with van der Waals surface area (Å²) in [5.41, 5.74) is 5.18. The van der Waals surface area contributed by atoms with Crippen LogP contribution in [0.1, 0.15) is 32.5 Å². The van der Waals surface area contributed by atoms with Crippen molar-refractivity contribution >= 4 is 50.5 Å². The van der Waals surface area contributed by atoms with Crippen LogP contribution in [0, 0.1) is 0 Å². The monoisotopic (exact) mass is 442 g/mol. The second kappa shape index (κ2) is 8.70. The summed E-state index contributed by atoms with van der Waals surface area (Å²) in [5.74, 6) is -0.485. The molecule has 0 atom stereocenters. The molecule has 0 aliphatic rings. The number of nitrogens with one attached hydrogen (secondary N) is 2. The topological polar surface area (TPSA) is 83.5 Å². The molecule has 0 aliphatic heterocycles. The number of carbonyl (C=O) groups is 2. The zero-order valence-electron chi connectivity index (χ0n) is 14.3. The lowest BCUT2D eigenvalue weighted by Gasteiger charge is -2.07. The molecule has 2 N–H and O–H groups in total. The quantitative estimate of drug-likeness (QED) is 0.455. The molecule has 8 heteroatoms. The summed E-state index contributed by atoms with van der Waals surface area (Å²) in [6.45, 7) is 1.80. The number of thiophene rings is 1. The van der Waals surface area contributed by atoms with Gasteiger partial charge in [-0.2, -0.15) is 5.10 Å². The zero-order valence-corrected chi connectivity index (χ0v) is 16.7. The van der Waals surface area contributed by atoms with Crippen molar-refractivity contribution in [3.05, 3.63) is 80.7 Å². The molecule has 0 saturated heterocycles. The average Bonchev–Trinajstić information content (AvgIpc) is 3.13. The third-order valence-electron chi connectivity index (χ3n) is 3.61. The molecule has 27 heavy (non-hydrogen) atoms. The molecule has 0 saturated carbocycles. The lowest BCUT2D eigenvalue weighted by molar-refractivity contribution is 0.0958. The Hall–Kier alpha value is -2.84. The van der Waals surface area contributed by atoms with E-state index in [1.165, 1.54) is 17.5 Å². The first-order chi connectivity index (χ1) is 13.0. The fourth-order valence-electron chi connectivity index (χ4n) is 2.19. The van der Waals surface area contributed by atoms with Crippen molar-refractivity contribution < 1.29 is 9.59 Å². The fourth-order valence-corrected chi connectivity index (χ4v) is 3.46. The minimum Gasteiger partial charge on any atom is -0.322 e. The molecule has 3 rings (SSSR count). The third kappa shape index (κ3) is 5.08. The lowest BCUT2D eigenvalue weighted by Crippen LogP contribution is -2.18. The Morgan fingerprint density at radius 1 is 1.04 bits per heavy atom. The molecule has 0 bridgehead atoms. The molecule has 2 amide bonds. The van der Waals surface area contributed by atoms with E-state index >= 15 is 0 Å². The molecule has 0 unspecified atom stereocenters. The number of anilines is 1. The molecular weight excluding hydrogens is 428 g/mol. The van der Waals surface area contributed by atoms with Crippen LogP contribution in [0.2, 0.25) is 0 Å². The number of amides is 2. The highest BCUT2D eigenvalue weighted by Gasteiger charge is 2.08. The number of halogens is 1. The maximum absolute atomic E-state index is 12.1. The number of rotatable bonds is 5. The van der Waals surface area contributed by atoms with E-state index in [4.69, 9.17) is 0 Å². The van der Waals surface area contributed by atoms with Gasteiger partial charge in [0.05, 0.1) is 19.9 Å². The van der Waals surface area contributed by atoms with Crippen LogP contribution in [0.15, 0.2) is 69.8 Å². The number of hydrogen-bond donors (Lipinski definition) is 2. The van der Waals surface area contributed by atoms with Crippen LogP contribution < -0.4 is 10.7 Å². The van der Waals surface area contributed by atoms with Gasteiger partial charge >= 0.3 is 0 Å². The maximum Gasteiger partial charge on any atom is 0.281 e. The van der Waals surface area contributed by atoms with E-state index in [0.29, 0.717) is 21.8 Å². The molecule has 2 heterocycles. The first kappa shape index (κ1) is 18.9. The summed E-state index contributed by atoms with van der Waals surface area (Å²) >= 11 is 4.66. The molecule has 3 aromatic rings. The van der Waals surface area contributed by atoms with Crippen molar-refractivity contribution in [2.75, 3.05) is 5.32 Å². The Bertz CT molecular complexity index is 984. The second-order valence-corrected chi connectivity index (χ2v) is 7.98. The van der Waals surface area contributed by atoms with Gasteiger partial charge in [0.25, 0.3) is 11.8 Å². The van der Waals surface area contributed by atoms with Crippen molar-refractivity contribution in [2.45, 2.75) is 6.92 Å². The van der Waals surface area contributed by atoms with Crippen molar-refractivity contribution in [1.29, 1.82) is 0 Å². The highest BCUT2D eigenvalue weighted by molar-refractivity contribution is 9.11. The number of aromatic nitrogens is 1. The number of hydrazone groups is 1. The van der Waals surface area contributed by atoms with Gasteiger partial charge in [0, 0.05) is 18.1 Å². The molecule has 0 aliphatic carbocycles. The normalized spacial score (nSPS) is 11.1. The van der Waals surface area contributed by atoms with Crippen LogP contribution >= 0.6 is 27.3 Å². The molecule has 6 nitrogen and oxygen atoms in total. The molecule has 0 fully saturated rings. The Morgan fingerprint density at radius 2 is 1.81 bits per heavy atom. The number of pyridine rings is 1. The number of nitrogens with zero attached hydrogens (tertiary/aromatic N) is 2. The van der Waals surface area contributed by atoms with Gasteiger partial charge in [-0.1, -0.05) is 12.1 Å². The van der Waals surface area contributed by atoms with Crippen molar-refractivity contribution in [3.8, 4) is 0 Å². The average molecular weight is 443 g/mol. The smallest absolute Gasteiger partial charge is 0.281 e. The Kier molecular flexibility index (Phi) is 6.10. The molecular formula is C19H15BrN4O2S. The van der Waals surface area contributed by atoms with Crippen LogP contribution in [0.3, 0.4) is 0 Å². The van der Waals surface area contributed by atoms with Crippen molar-refractivity contribution in [3.63, 3.8) is 0 Å². The summed E-state index contributed by atoms with van der Waals surface area (Å²) in [6, 6.07) is 14.2. The van der Waals surface area contributed by atoms with Gasteiger partial charge < -0.3 is 5.32 Å². The van der Waals surface area contributed by atoms with Crippen LogP contribution in [0.4, 0.5) is 5.69 Å². The number of carbonyl (C=O) groups excluding carboxylic acids is 2. The fraction of sp³-hybridized carbons (Fsp3) is 0.0526. The van der Waals surface area contributed by atoms with Gasteiger partial charge in [0.1, 0.15) is 0 Å². The number of benzene rings is 1. The van der Waals surface area contributed by atoms with E-state index in [2.05, 4.69) is 36.8 Å². The molecule has 0 radical (unpaired) electrons. The van der Waals surface area contributed by atoms with Crippen LogP contribution in [-0.4, -0.2) is 22.5 Å². The van der Waals surface area contributed by atoms with E-state index in [0.717, 1.165) is 9.35 Å². The summed E-state index contributed by atoms with van der Waals surface area (Å²) in [5, 5.41) is 6.94. The van der Waals surface area contributed by atoms with E-state index < -0.39 is 0 Å². The van der Waals surface area contributed by atoms with Crippen LogP contribution in [-0.2, 0) is 0 Å². The first-order valence-electron chi connectivity index (χ1n) is 7.95. The van der Waals surface area contributed by atoms with Gasteiger partial charge in [-0.05, 0) is 64.8 Å². The van der Waals surface area contributed by atoms with Crippen molar-refractivity contribution in [1.82, 2.24) is 10.4 Å². The van der Waals surface area contributed by atoms with Gasteiger partial charge in [-0.15, -0.1) is 11.3 Å². The summed E-state index contributed by atoms with van der Waals surface area (Å²) in [7, 11) is 0. The molecule has 2 aromatic heterocycles. The maximum atomic E-state index is 12.1. The zero-order chi connectivity index (χ0) is 19.2. The van der Waals surface area contributed by atoms with Gasteiger partial charge in [0.2, 0.25) is 0 Å². The predicted molar refractivity (Wildman–Crippen MR) is 110 cm³/mol. The Labute approximate surface area is 168 Å². The SMILES string of the molecule is CC(=NNC(=O)c1ccc(Br)s1)c1ccc(NC(=O)c2cccnc2)cc1. The highest BCUT2D eigenvalue weighted by atomic mass is 79.9. The minimum atomic E-state index is -0.259. The second-order valence-electron chi connectivity index (χ2n) is 5.52. The van der Waals surface area contributed by atoms with Gasteiger partial charge in [-0.3, -0.25) is 14.6 Å². The standard InChI is InChI=1S/C19H15BrN4O2S/c1-12(23-24-19(26)16-8-9-17(20)27-16)13-4-6-15(7-5-13)22-18(25)14-3-2-10-21-11-14/h2-11H,1H3,(H,22,25)(H,24,26). The highest BCUT2D eigenvalue weighted by Crippen LogP contribution is 2.21. The van der Waals surface area contributed by atoms with Gasteiger partial charge in [-0.25, -0.2) is 5.43 Å². The van der Waals surface area contributed by atoms with E-state index in [1.807, 2.05) is 18.2 Å². The van der Waals surface area contributed by atoms with Crippen molar-refractivity contribution in [2.24, 2.45) is 5.10 Å².